The fourth-order valence-electron chi connectivity index (χ4n) is 1.41. The van der Waals surface area contributed by atoms with Gasteiger partial charge in [-0.05, 0) is 13.8 Å². The van der Waals surface area contributed by atoms with Gasteiger partial charge in [-0.3, -0.25) is 0 Å². The SMILES string of the molecule is CCn1c(CN)nnc1SCc1nonc1C. The smallest absolute Gasteiger partial charge is 0.191 e. The minimum absolute atomic E-state index is 0.395. The Morgan fingerprint density at radius 1 is 1.35 bits per heavy atom. The molecule has 0 aromatic carbocycles. The fourth-order valence-corrected chi connectivity index (χ4v) is 2.42. The van der Waals surface area contributed by atoms with Crippen molar-refractivity contribution in [3.63, 3.8) is 0 Å². The molecule has 0 bridgehead atoms. The third-order valence-electron chi connectivity index (χ3n) is 2.38. The molecule has 2 N–H and O–H groups in total. The first-order valence-corrected chi connectivity index (χ1v) is 6.27. The van der Waals surface area contributed by atoms with Crippen molar-refractivity contribution >= 4 is 11.8 Å². The highest BCUT2D eigenvalue weighted by Gasteiger charge is 2.12. The number of thioether (sulfide) groups is 1. The Hall–Kier alpha value is -1.41. The van der Waals surface area contributed by atoms with Crippen LogP contribution in [0.5, 0.6) is 0 Å². The molecule has 2 rings (SSSR count). The van der Waals surface area contributed by atoms with E-state index >= 15 is 0 Å². The van der Waals surface area contributed by atoms with E-state index in [2.05, 4.69) is 25.1 Å². The molecule has 2 heterocycles. The second-order valence-electron chi connectivity index (χ2n) is 3.43. The topological polar surface area (TPSA) is 95.7 Å². The number of aryl methyl sites for hydroxylation is 1. The molecule has 0 aliphatic rings. The zero-order valence-corrected chi connectivity index (χ0v) is 10.6. The Morgan fingerprint density at radius 2 is 2.18 bits per heavy atom. The molecule has 17 heavy (non-hydrogen) atoms. The molecule has 0 saturated heterocycles. The van der Waals surface area contributed by atoms with E-state index in [0.717, 1.165) is 28.9 Å². The number of hydrogen-bond acceptors (Lipinski definition) is 7. The van der Waals surface area contributed by atoms with Gasteiger partial charge in [-0.15, -0.1) is 10.2 Å². The molecule has 0 fully saturated rings. The highest BCUT2D eigenvalue weighted by atomic mass is 32.2. The largest absolute Gasteiger partial charge is 0.324 e. The molecule has 0 amide bonds. The van der Waals surface area contributed by atoms with Gasteiger partial charge in [0, 0.05) is 12.3 Å². The minimum Gasteiger partial charge on any atom is -0.324 e. The lowest BCUT2D eigenvalue weighted by molar-refractivity contribution is 0.302. The van der Waals surface area contributed by atoms with Crippen molar-refractivity contribution < 1.29 is 4.63 Å². The highest BCUT2D eigenvalue weighted by Crippen LogP contribution is 2.21. The maximum Gasteiger partial charge on any atom is 0.191 e. The summed E-state index contributed by atoms with van der Waals surface area (Å²) < 4.78 is 6.63. The Bertz CT molecular complexity index is 493. The number of aromatic nitrogens is 5. The van der Waals surface area contributed by atoms with Gasteiger partial charge in [-0.2, -0.15) is 0 Å². The summed E-state index contributed by atoms with van der Waals surface area (Å²) in [6, 6.07) is 0. The molecule has 2 aromatic rings. The molecule has 0 spiro atoms. The van der Waals surface area contributed by atoms with Crippen LogP contribution in [0.3, 0.4) is 0 Å². The van der Waals surface area contributed by atoms with Gasteiger partial charge in [0.25, 0.3) is 0 Å². The van der Waals surface area contributed by atoms with Crippen molar-refractivity contribution in [2.45, 2.75) is 37.8 Å². The van der Waals surface area contributed by atoms with E-state index in [9.17, 15) is 0 Å². The maximum absolute atomic E-state index is 5.58. The number of hydrogen-bond donors (Lipinski definition) is 1. The van der Waals surface area contributed by atoms with Gasteiger partial charge in [-0.25, -0.2) is 4.63 Å². The summed E-state index contributed by atoms with van der Waals surface area (Å²) in [6.45, 7) is 5.10. The minimum atomic E-state index is 0.395. The highest BCUT2D eigenvalue weighted by molar-refractivity contribution is 7.98. The lowest BCUT2D eigenvalue weighted by Gasteiger charge is -2.04. The van der Waals surface area contributed by atoms with Crippen LogP contribution in [0.25, 0.3) is 0 Å². The molecular formula is C9H14N6OS. The number of nitrogens with two attached hydrogens (primary N) is 1. The predicted molar refractivity (Wildman–Crippen MR) is 62.2 cm³/mol. The average molecular weight is 254 g/mol. The van der Waals surface area contributed by atoms with Crippen LogP contribution in [0.15, 0.2) is 9.79 Å². The standard InChI is InChI=1S/C9H14N6OS/c1-3-15-8(4-10)11-12-9(15)17-5-7-6(2)13-16-14-7/h3-5,10H2,1-2H3. The Kier molecular flexibility index (Phi) is 3.75. The molecule has 0 aliphatic carbocycles. The molecular weight excluding hydrogens is 240 g/mol. The van der Waals surface area contributed by atoms with Gasteiger partial charge in [0.15, 0.2) is 5.16 Å². The molecule has 92 valence electrons. The maximum atomic E-state index is 5.58. The van der Waals surface area contributed by atoms with Crippen LogP contribution in [0, 0.1) is 6.92 Å². The van der Waals surface area contributed by atoms with E-state index in [1.807, 2.05) is 18.4 Å². The summed E-state index contributed by atoms with van der Waals surface area (Å²) in [5, 5.41) is 16.5. The third-order valence-corrected chi connectivity index (χ3v) is 3.35. The lowest BCUT2D eigenvalue weighted by atomic mass is 10.4. The quantitative estimate of drug-likeness (QED) is 0.786. The van der Waals surface area contributed by atoms with Crippen molar-refractivity contribution in [1.82, 2.24) is 25.1 Å². The second kappa shape index (κ2) is 5.28. The summed E-state index contributed by atoms with van der Waals surface area (Å²) in [4.78, 5) is 0. The van der Waals surface area contributed by atoms with Crippen LogP contribution in [0.1, 0.15) is 24.1 Å². The Labute approximate surface area is 103 Å². The van der Waals surface area contributed by atoms with Gasteiger partial charge >= 0.3 is 0 Å². The lowest BCUT2D eigenvalue weighted by Crippen LogP contribution is -2.08. The number of rotatable bonds is 5. The third kappa shape index (κ3) is 2.47. The molecule has 0 aliphatic heterocycles. The molecule has 7 nitrogen and oxygen atoms in total. The molecule has 8 heteroatoms. The second-order valence-corrected chi connectivity index (χ2v) is 4.37. The summed E-state index contributed by atoms with van der Waals surface area (Å²) in [7, 11) is 0. The van der Waals surface area contributed by atoms with Gasteiger partial charge < -0.3 is 10.3 Å². The summed E-state index contributed by atoms with van der Waals surface area (Å²) in [6.07, 6.45) is 0. The zero-order valence-electron chi connectivity index (χ0n) is 9.75. The van der Waals surface area contributed by atoms with Crippen molar-refractivity contribution in [1.29, 1.82) is 0 Å². The van der Waals surface area contributed by atoms with E-state index in [1.54, 1.807) is 11.8 Å². The monoisotopic (exact) mass is 254 g/mol. The van der Waals surface area contributed by atoms with Crippen LogP contribution in [-0.4, -0.2) is 25.1 Å². The van der Waals surface area contributed by atoms with Crippen LogP contribution in [0.4, 0.5) is 0 Å². The van der Waals surface area contributed by atoms with Crippen LogP contribution in [0.2, 0.25) is 0 Å². The van der Waals surface area contributed by atoms with Crippen LogP contribution in [-0.2, 0) is 18.8 Å². The zero-order chi connectivity index (χ0) is 12.3. The summed E-state index contributed by atoms with van der Waals surface area (Å²) >= 11 is 1.55. The van der Waals surface area contributed by atoms with Gasteiger partial charge in [0.05, 0.1) is 6.54 Å². The average Bonchev–Trinajstić information content (AvgIpc) is 2.92. The molecule has 0 atom stereocenters. The van der Waals surface area contributed by atoms with Crippen molar-refractivity contribution in [3.05, 3.63) is 17.2 Å². The van der Waals surface area contributed by atoms with E-state index in [4.69, 9.17) is 5.73 Å². The van der Waals surface area contributed by atoms with Gasteiger partial charge in [-0.1, -0.05) is 22.1 Å². The first-order valence-electron chi connectivity index (χ1n) is 5.29. The Morgan fingerprint density at radius 3 is 2.76 bits per heavy atom. The van der Waals surface area contributed by atoms with Crippen molar-refractivity contribution in [3.8, 4) is 0 Å². The molecule has 0 radical (unpaired) electrons. The molecule has 0 saturated carbocycles. The molecule has 2 aromatic heterocycles. The van der Waals surface area contributed by atoms with E-state index in [0.29, 0.717) is 12.3 Å². The Balaban J connectivity index is 2.09. The first-order chi connectivity index (χ1) is 8.26. The van der Waals surface area contributed by atoms with Crippen LogP contribution >= 0.6 is 11.8 Å². The molecule has 0 unspecified atom stereocenters. The number of nitrogens with zero attached hydrogens (tertiary/aromatic N) is 5. The summed E-state index contributed by atoms with van der Waals surface area (Å²) in [5.41, 5.74) is 7.22. The van der Waals surface area contributed by atoms with Gasteiger partial charge in [0.1, 0.15) is 17.2 Å². The van der Waals surface area contributed by atoms with Crippen LogP contribution < -0.4 is 5.73 Å². The predicted octanol–water partition coefficient (Wildman–Crippen LogP) is 0.740. The summed E-state index contributed by atoms with van der Waals surface area (Å²) in [5.74, 6) is 1.46. The van der Waals surface area contributed by atoms with Gasteiger partial charge in [0.2, 0.25) is 0 Å². The first kappa shape index (κ1) is 12.1. The van der Waals surface area contributed by atoms with E-state index in [1.165, 1.54) is 0 Å². The van der Waals surface area contributed by atoms with Crippen molar-refractivity contribution in [2.24, 2.45) is 5.73 Å². The van der Waals surface area contributed by atoms with Crippen molar-refractivity contribution in [2.75, 3.05) is 0 Å². The normalized spacial score (nSPS) is 11.0. The van der Waals surface area contributed by atoms with E-state index in [-0.39, 0.29) is 0 Å². The fraction of sp³-hybridized carbons (Fsp3) is 0.556. The van der Waals surface area contributed by atoms with E-state index < -0.39 is 0 Å².